The monoisotopic (exact) mass is 268 g/mol. The second-order valence-electron chi connectivity index (χ2n) is 4.39. The number of fused-ring (bicyclic) bond motifs is 1. The zero-order chi connectivity index (χ0) is 13.8. The standard InChI is InChI=1S/C16H16N2O2/c1-2-19-12-7-9-13(10-8-12)20-11-16-17-14-5-3-4-6-15(14)18-16/h3-10H,2,11H2,1H3,(H,17,18). The summed E-state index contributed by atoms with van der Waals surface area (Å²) >= 11 is 0. The molecule has 2 aromatic carbocycles. The van der Waals surface area contributed by atoms with Crippen molar-refractivity contribution < 1.29 is 9.47 Å². The highest BCUT2D eigenvalue weighted by atomic mass is 16.5. The van der Waals surface area contributed by atoms with Gasteiger partial charge in [-0.15, -0.1) is 0 Å². The van der Waals surface area contributed by atoms with Crippen LogP contribution in [0.3, 0.4) is 0 Å². The molecule has 102 valence electrons. The van der Waals surface area contributed by atoms with Crippen molar-refractivity contribution in [1.82, 2.24) is 9.97 Å². The third-order valence-electron chi connectivity index (χ3n) is 2.95. The number of H-pyrrole nitrogens is 1. The normalized spacial score (nSPS) is 10.7. The summed E-state index contributed by atoms with van der Waals surface area (Å²) < 4.78 is 11.1. The number of hydrogen-bond acceptors (Lipinski definition) is 3. The van der Waals surface area contributed by atoms with Crippen molar-refractivity contribution in [3.05, 3.63) is 54.4 Å². The lowest BCUT2D eigenvalue weighted by Crippen LogP contribution is -1.97. The van der Waals surface area contributed by atoms with Crippen LogP contribution in [0.25, 0.3) is 11.0 Å². The van der Waals surface area contributed by atoms with Gasteiger partial charge in [0.2, 0.25) is 0 Å². The van der Waals surface area contributed by atoms with Gasteiger partial charge in [0.1, 0.15) is 23.9 Å². The van der Waals surface area contributed by atoms with E-state index in [-0.39, 0.29) is 0 Å². The van der Waals surface area contributed by atoms with Crippen molar-refractivity contribution in [2.24, 2.45) is 0 Å². The molecule has 1 heterocycles. The van der Waals surface area contributed by atoms with Crippen molar-refractivity contribution in [2.75, 3.05) is 6.61 Å². The van der Waals surface area contributed by atoms with Crippen LogP contribution in [0.5, 0.6) is 11.5 Å². The largest absolute Gasteiger partial charge is 0.494 e. The van der Waals surface area contributed by atoms with E-state index in [9.17, 15) is 0 Å². The third-order valence-corrected chi connectivity index (χ3v) is 2.95. The first-order valence-electron chi connectivity index (χ1n) is 6.64. The van der Waals surface area contributed by atoms with Gasteiger partial charge in [-0.3, -0.25) is 0 Å². The van der Waals surface area contributed by atoms with E-state index in [2.05, 4.69) is 9.97 Å². The minimum absolute atomic E-state index is 0.419. The molecule has 4 heteroatoms. The molecule has 0 aliphatic rings. The van der Waals surface area contributed by atoms with E-state index in [1.54, 1.807) is 0 Å². The molecule has 20 heavy (non-hydrogen) atoms. The molecule has 0 atom stereocenters. The minimum atomic E-state index is 0.419. The summed E-state index contributed by atoms with van der Waals surface area (Å²) in [6, 6.07) is 15.5. The SMILES string of the molecule is CCOc1ccc(OCc2nc3ccccc3[nH]2)cc1. The molecule has 0 saturated heterocycles. The van der Waals surface area contributed by atoms with Crippen LogP contribution >= 0.6 is 0 Å². The molecule has 1 aromatic heterocycles. The molecule has 0 aliphatic carbocycles. The number of rotatable bonds is 5. The molecular formula is C16H16N2O2. The number of ether oxygens (including phenoxy) is 2. The molecule has 0 fully saturated rings. The fourth-order valence-corrected chi connectivity index (χ4v) is 2.02. The summed E-state index contributed by atoms with van der Waals surface area (Å²) in [5, 5.41) is 0. The summed E-state index contributed by atoms with van der Waals surface area (Å²) in [5.41, 5.74) is 1.98. The number of para-hydroxylation sites is 2. The lowest BCUT2D eigenvalue weighted by molar-refractivity contribution is 0.296. The Hall–Kier alpha value is -2.49. The average molecular weight is 268 g/mol. The Kier molecular flexibility index (Phi) is 3.54. The van der Waals surface area contributed by atoms with Gasteiger partial charge in [0, 0.05) is 0 Å². The lowest BCUT2D eigenvalue weighted by atomic mass is 10.3. The van der Waals surface area contributed by atoms with Gasteiger partial charge in [-0.1, -0.05) is 12.1 Å². The topological polar surface area (TPSA) is 47.1 Å². The predicted molar refractivity (Wildman–Crippen MR) is 78.0 cm³/mol. The maximum absolute atomic E-state index is 5.71. The van der Waals surface area contributed by atoms with Gasteiger partial charge in [0.25, 0.3) is 0 Å². The fraction of sp³-hybridized carbons (Fsp3) is 0.188. The lowest BCUT2D eigenvalue weighted by Gasteiger charge is -2.06. The number of aromatic amines is 1. The number of hydrogen-bond donors (Lipinski definition) is 1. The number of imidazole rings is 1. The predicted octanol–water partition coefficient (Wildman–Crippen LogP) is 3.54. The molecule has 0 spiro atoms. The van der Waals surface area contributed by atoms with Crippen LogP contribution in [0.4, 0.5) is 0 Å². The fourth-order valence-electron chi connectivity index (χ4n) is 2.02. The highest BCUT2D eigenvalue weighted by molar-refractivity contribution is 5.74. The highest BCUT2D eigenvalue weighted by Gasteiger charge is 2.03. The highest BCUT2D eigenvalue weighted by Crippen LogP contribution is 2.19. The summed E-state index contributed by atoms with van der Waals surface area (Å²) in [5.74, 6) is 2.47. The summed E-state index contributed by atoms with van der Waals surface area (Å²) in [4.78, 5) is 7.71. The molecule has 0 amide bonds. The van der Waals surface area contributed by atoms with Gasteiger partial charge in [-0.2, -0.15) is 0 Å². The van der Waals surface area contributed by atoms with Crippen LogP contribution in [0, 0.1) is 0 Å². The van der Waals surface area contributed by atoms with Crippen molar-refractivity contribution in [2.45, 2.75) is 13.5 Å². The van der Waals surface area contributed by atoms with Crippen LogP contribution in [0.1, 0.15) is 12.7 Å². The van der Waals surface area contributed by atoms with Gasteiger partial charge in [-0.05, 0) is 43.3 Å². The first-order chi connectivity index (χ1) is 9.85. The Morgan fingerprint density at radius 2 is 1.65 bits per heavy atom. The molecule has 3 rings (SSSR count). The quantitative estimate of drug-likeness (QED) is 0.770. The van der Waals surface area contributed by atoms with E-state index in [1.165, 1.54) is 0 Å². The maximum atomic E-state index is 5.71. The number of benzene rings is 2. The van der Waals surface area contributed by atoms with E-state index in [4.69, 9.17) is 9.47 Å². The van der Waals surface area contributed by atoms with Crippen LogP contribution in [-0.4, -0.2) is 16.6 Å². The van der Waals surface area contributed by atoms with Gasteiger partial charge < -0.3 is 14.5 Å². The second kappa shape index (κ2) is 5.65. The average Bonchev–Trinajstić information content (AvgIpc) is 2.90. The molecule has 0 unspecified atom stereocenters. The molecular weight excluding hydrogens is 252 g/mol. The summed E-state index contributed by atoms with van der Waals surface area (Å²) in [6.45, 7) is 3.05. The smallest absolute Gasteiger partial charge is 0.146 e. The van der Waals surface area contributed by atoms with Crippen LogP contribution < -0.4 is 9.47 Å². The molecule has 4 nitrogen and oxygen atoms in total. The van der Waals surface area contributed by atoms with Crippen molar-refractivity contribution in [3.8, 4) is 11.5 Å². The Morgan fingerprint density at radius 3 is 2.35 bits per heavy atom. The number of nitrogens with zero attached hydrogens (tertiary/aromatic N) is 1. The zero-order valence-corrected chi connectivity index (χ0v) is 11.3. The van der Waals surface area contributed by atoms with Crippen molar-refractivity contribution >= 4 is 11.0 Å². The number of nitrogens with one attached hydrogen (secondary N) is 1. The molecule has 0 bridgehead atoms. The maximum Gasteiger partial charge on any atom is 0.146 e. The van der Waals surface area contributed by atoms with E-state index in [1.807, 2.05) is 55.5 Å². The van der Waals surface area contributed by atoms with E-state index >= 15 is 0 Å². The molecule has 1 N–H and O–H groups in total. The molecule has 0 radical (unpaired) electrons. The van der Waals surface area contributed by atoms with Gasteiger partial charge in [0.15, 0.2) is 0 Å². The zero-order valence-electron chi connectivity index (χ0n) is 11.3. The Bertz CT molecular complexity index is 656. The molecule has 0 saturated carbocycles. The Balaban J connectivity index is 1.66. The first-order valence-corrected chi connectivity index (χ1v) is 6.64. The van der Waals surface area contributed by atoms with Crippen LogP contribution in [0.2, 0.25) is 0 Å². The third kappa shape index (κ3) is 2.74. The molecule has 0 aliphatic heterocycles. The van der Waals surface area contributed by atoms with Crippen LogP contribution in [0.15, 0.2) is 48.5 Å². The Morgan fingerprint density at radius 1 is 0.950 bits per heavy atom. The number of aromatic nitrogens is 2. The molecule has 3 aromatic rings. The summed E-state index contributed by atoms with van der Waals surface area (Å²) in [7, 11) is 0. The van der Waals surface area contributed by atoms with E-state index < -0.39 is 0 Å². The van der Waals surface area contributed by atoms with E-state index in [0.717, 1.165) is 28.4 Å². The second-order valence-corrected chi connectivity index (χ2v) is 4.39. The first kappa shape index (κ1) is 12.5. The summed E-state index contributed by atoms with van der Waals surface area (Å²) in [6.07, 6.45) is 0. The van der Waals surface area contributed by atoms with Crippen LogP contribution in [-0.2, 0) is 6.61 Å². The van der Waals surface area contributed by atoms with Gasteiger partial charge in [0.05, 0.1) is 17.6 Å². The van der Waals surface area contributed by atoms with E-state index in [0.29, 0.717) is 13.2 Å². The van der Waals surface area contributed by atoms with Gasteiger partial charge in [-0.25, -0.2) is 4.98 Å². The van der Waals surface area contributed by atoms with Crippen molar-refractivity contribution in [3.63, 3.8) is 0 Å². The minimum Gasteiger partial charge on any atom is -0.494 e. The van der Waals surface area contributed by atoms with Crippen molar-refractivity contribution in [1.29, 1.82) is 0 Å². The van der Waals surface area contributed by atoms with Gasteiger partial charge >= 0.3 is 0 Å². The Labute approximate surface area is 117 Å².